The van der Waals surface area contributed by atoms with Gasteiger partial charge in [-0.25, -0.2) is 23.5 Å². The summed E-state index contributed by atoms with van der Waals surface area (Å²) in [6, 6.07) is 11.8. The van der Waals surface area contributed by atoms with Crippen molar-refractivity contribution in [3.63, 3.8) is 0 Å². The van der Waals surface area contributed by atoms with E-state index in [1.807, 2.05) is 12.1 Å². The molecule has 10 heteroatoms. The van der Waals surface area contributed by atoms with E-state index < -0.39 is 25.7 Å². The standard InChI is InChI=1S/C24H29N3O6Si/c1-30-20-12-16(13-21(31-2)22(20)32-3)19-14-18(33-34(4,5)6)15-25-23(28)26(24(29)27(19)25)17-10-8-7-9-11-17/h7-14,19H,15H2,1-6H3. The monoisotopic (exact) mass is 483 g/mol. The summed E-state index contributed by atoms with van der Waals surface area (Å²) in [5.74, 6) is 1.99. The van der Waals surface area contributed by atoms with E-state index in [2.05, 4.69) is 19.6 Å². The summed E-state index contributed by atoms with van der Waals surface area (Å²) >= 11 is 0. The van der Waals surface area contributed by atoms with E-state index in [1.54, 1.807) is 36.4 Å². The molecule has 1 unspecified atom stereocenters. The molecule has 1 aliphatic heterocycles. The quantitative estimate of drug-likeness (QED) is 0.480. The molecule has 2 aromatic carbocycles. The zero-order chi connectivity index (χ0) is 24.6. The van der Waals surface area contributed by atoms with Crippen LogP contribution in [0, 0.1) is 0 Å². The van der Waals surface area contributed by atoms with Crippen molar-refractivity contribution in [3.05, 3.63) is 80.8 Å². The van der Waals surface area contributed by atoms with Crippen molar-refractivity contribution in [2.45, 2.75) is 32.2 Å². The Hall–Kier alpha value is -3.66. The Morgan fingerprint density at radius 2 is 1.50 bits per heavy atom. The highest BCUT2D eigenvalue weighted by atomic mass is 28.4. The van der Waals surface area contributed by atoms with E-state index in [-0.39, 0.29) is 6.54 Å². The molecule has 1 atom stereocenters. The van der Waals surface area contributed by atoms with E-state index in [4.69, 9.17) is 18.6 Å². The zero-order valence-electron chi connectivity index (χ0n) is 20.2. The SMILES string of the molecule is COc1cc(C2C=C(O[Si](C)(C)C)Cn3c(=O)n(-c4ccccc4)c(=O)n32)cc(OC)c1OC. The molecule has 9 nitrogen and oxygen atoms in total. The molecule has 0 bridgehead atoms. The first kappa shape index (κ1) is 23.5. The third-order valence-corrected chi connectivity index (χ3v) is 6.33. The van der Waals surface area contributed by atoms with Crippen LogP contribution in [0.15, 0.2) is 63.9 Å². The van der Waals surface area contributed by atoms with Gasteiger partial charge in [-0.3, -0.25) is 0 Å². The third-order valence-electron chi connectivity index (χ3n) is 5.45. The molecule has 0 amide bonds. The van der Waals surface area contributed by atoms with Crippen LogP contribution in [-0.2, 0) is 11.0 Å². The van der Waals surface area contributed by atoms with Gasteiger partial charge in [-0.2, -0.15) is 0 Å². The number of fused-ring (bicyclic) bond motifs is 1. The van der Waals surface area contributed by atoms with Crippen LogP contribution in [0.1, 0.15) is 11.6 Å². The van der Waals surface area contributed by atoms with Gasteiger partial charge < -0.3 is 18.6 Å². The first-order valence-corrected chi connectivity index (χ1v) is 14.3. The normalized spacial score (nSPS) is 15.4. The first-order chi connectivity index (χ1) is 16.2. The van der Waals surface area contributed by atoms with E-state index in [1.165, 1.54) is 35.3 Å². The molecule has 1 aliphatic rings. The summed E-state index contributed by atoms with van der Waals surface area (Å²) in [7, 11) is 2.61. The van der Waals surface area contributed by atoms with Gasteiger partial charge in [-0.1, -0.05) is 18.2 Å². The molecule has 0 saturated carbocycles. The lowest BCUT2D eigenvalue weighted by Gasteiger charge is -2.29. The molecule has 0 aliphatic carbocycles. The van der Waals surface area contributed by atoms with Crippen LogP contribution in [0.3, 0.4) is 0 Å². The van der Waals surface area contributed by atoms with Crippen molar-refractivity contribution >= 4 is 8.32 Å². The zero-order valence-corrected chi connectivity index (χ0v) is 21.2. The van der Waals surface area contributed by atoms with Crippen LogP contribution in [0.4, 0.5) is 0 Å². The molecule has 0 spiro atoms. The number of para-hydroxylation sites is 1. The predicted octanol–water partition coefficient (Wildman–Crippen LogP) is 3.16. The van der Waals surface area contributed by atoms with Gasteiger partial charge in [0.1, 0.15) is 12.6 Å². The van der Waals surface area contributed by atoms with E-state index in [9.17, 15) is 9.59 Å². The number of rotatable bonds is 7. The maximum atomic E-state index is 13.6. The number of hydrogen-bond donors (Lipinski definition) is 0. The molecule has 180 valence electrons. The van der Waals surface area contributed by atoms with Crippen molar-refractivity contribution < 1.29 is 18.6 Å². The lowest BCUT2D eigenvalue weighted by molar-refractivity contribution is 0.311. The van der Waals surface area contributed by atoms with Gasteiger partial charge in [0.2, 0.25) is 14.1 Å². The number of benzene rings is 2. The number of nitrogens with zero attached hydrogens (tertiary/aromatic N) is 3. The van der Waals surface area contributed by atoms with Crippen molar-refractivity contribution in [2.75, 3.05) is 21.3 Å². The van der Waals surface area contributed by atoms with E-state index >= 15 is 0 Å². The van der Waals surface area contributed by atoms with Gasteiger partial charge in [-0.05, 0) is 55.5 Å². The van der Waals surface area contributed by atoms with Crippen LogP contribution < -0.4 is 25.6 Å². The summed E-state index contributed by atoms with van der Waals surface area (Å²) in [6.45, 7) is 6.38. The fourth-order valence-corrected chi connectivity index (χ4v) is 5.04. The number of hydrogen-bond acceptors (Lipinski definition) is 6. The molecule has 2 heterocycles. The van der Waals surface area contributed by atoms with Gasteiger partial charge in [0, 0.05) is 0 Å². The minimum atomic E-state index is -1.98. The predicted molar refractivity (Wildman–Crippen MR) is 131 cm³/mol. The largest absolute Gasteiger partial charge is 0.546 e. The molecule has 3 aromatic rings. The molecular weight excluding hydrogens is 454 g/mol. The third kappa shape index (κ3) is 4.16. The second-order valence-corrected chi connectivity index (χ2v) is 13.3. The van der Waals surface area contributed by atoms with Gasteiger partial charge >= 0.3 is 11.4 Å². The van der Waals surface area contributed by atoms with E-state index in [0.717, 1.165) is 0 Å². The molecule has 4 rings (SSSR count). The Balaban J connectivity index is 1.97. The average molecular weight is 484 g/mol. The molecule has 0 radical (unpaired) electrons. The van der Waals surface area contributed by atoms with Crippen molar-refractivity contribution in [2.24, 2.45) is 0 Å². The Kier molecular flexibility index (Phi) is 6.18. The smallest absolute Gasteiger partial charge is 0.352 e. The summed E-state index contributed by atoms with van der Waals surface area (Å²) < 4.78 is 26.8. The summed E-state index contributed by atoms with van der Waals surface area (Å²) in [5, 5.41) is 0. The maximum Gasteiger partial charge on any atom is 0.352 e. The molecule has 1 aromatic heterocycles. The van der Waals surface area contributed by atoms with E-state index in [0.29, 0.717) is 34.3 Å². The number of aromatic nitrogens is 3. The van der Waals surface area contributed by atoms with Gasteiger partial charge in [-0.15, -0.1) is 0 Å². The Bertz CT molecular complexity index is 1320. The van der Waals surface area contributed by atoms with Crippen LogP contribution in [0.25, 0.3) is 5.69 Å². The van der Waals surface area contributed by atoms with Crippen LogP contribution in [0.5, 0.6) is 17.2 Å². The Morgan fingerprint density at radius 3 is 2.03 bits per heavy atom. The summed E-state index contributed by atoms with van der Waals surface area (Å²) in [6.07, 6.45) is 1.88. The van der Waals surface area contributed by atoms with Crippen molar-refractivity contribution in [3.8, 4) is 22.9 Å². The lowest BCUT2D eigenvalue weighted by atomic mass is 10.0. The molecule has 0 N–H and O–H groups in total. The molecule has 0 saturated heterocycles. The molecular formula is C24H29N3O6Si. The Labute approximate surface area is 198 Å². The molecule has 0 fully saturated rings. The van der Waals surface area contributed by atoms with Crippen LogP contribution in [-0.4, -0.2) is 43.6 Å². The van der Waals surface area contributed by atoms with Crippen molar-refractivity contribution in [1.82, 2.24) is 13.9 Å². The Morgan fingerprint density at radius 1 is 0.882 bits per heavy atom. The summed E-state index contributed by atoms with van der Waals surface area (Å²) in [5.41, 5.74) is 0.312. The van der Waals surface area contributed by atoms with Gasteiger partial charge in [0.15, 0.2) is 11.5 Å². The fraction of sp³-hybridized carbons (Fsp3) is 0.333. The average Bonchev–Trinajstić information content (AvgIpc) is 3.06. The maximum absolute atomic E-state index is 13.6. The lowest BCUT2D eigenvalue weighted by Crippen LogP contribution is -2.37. The highest BCUT2D eigenvalue weighted by Gasteiger charge is 2.31. The first-order valence-electron chi connectivity index (χ1n) is 10.9. The number of allylic oxidation sites excluding steroid dienone is 2. The number of ether oxygens (including phenoxy) is 3. The number of methoxy groups -OCH3 is 3. The molecule has 34 heavy (non-hydrogen) atoms. The topological polar surface area (TPSA) is 85.9 Å². The minimum absolute atomic E-state index is 0.166. The fourth-order valence-electron chi connectivity index (χ4n) is 4.12. The highest BCUT2D eigenvalue weighted by Crippen LogP contribution is 2.41. The van der Waals surface area contributed by atoms with Gasteiger partial charge in [0.05, 0.1) is 32.8 Å². The van der Waals surface area contributed by atoms with Crippen LogP contribution in [0.2, 0.25) is 19.6 Å². The van der Waals surface area contributed by atoms with Crippen molar-refractivity contribution in [1.29, 1.82) is 0 Å². The minimum Gasteiger partial charge on any atom is -0.546 e. The second kappa shape index (κ2) is 8.94. The van der Waals surface area contributed by atoms with Gasteiger partial charge in [0.25, 0.3) is 0 Å². The summed E-state index contributed by atoms with van der Waals surface area (Å²) in [4.78, 5) is 27.0. The highest BCUT2D eigenvalue weighted by molar-refractivity contribution is 6.70. The van der Waals surface area contributed by atoms with Crippen LogP contribution >= 0.6 is 0 Å². The second-order valence-electron chi connectivity index (χ2n) is 8.89.